The van der Waals surface area contributed by atoms with E-state index in [9.17, 15) is 0 Å². The van der Waals surface area contributed by atoms with Crippen LogP contribution in [0.4, 0.5) is 0 Å². The highest BCUT2D eigenvalue weighted by Gasteiger charge is 2.29. The highest BCUT2D eigenvalue weighted by Crippen LogP contribution is 2.53. The lowest BCUT2D eigenvalue weighted by Gasteiger charge is -2.15. The molecule has 0 fully saturated rings. The number of thioether (sulfide) groups is 1. The van der Waals surface area contributed by atoms with Crippen molar-refractivity contribution in [3.8, 4) is 45.3 Å². The molecule has 11 rings (SSSR count). The van der Waals surface area contributed by atoms with E-state index in [4.69, 9.17) is 23.8 Å². The van der Waals surface area contributed by atoms with Crippen molar-refractivity contribution in [3.63, 3.8) is 0 Å². The van der Waals surface area contributed by atoms with Crippen molar-refractivity contribution < 1.29 is 8.83 Å². The van der Waals surface area contributed by atoms with Crippen LogP contribution < -0.4 is 0 Å². The van der Waals surface area contributed by atoms with Crippen LogP contribution in [0.3, 0.4) is 0 Å². The van der Waals surface area contributed by atoms with Gasteiger partial charge in [0, 0.05) is 49.0 Å². The van der Waals surface area contributed by atoms with Gasteiger partial charge in [0.15, 0.2) is 17.5 Å². The lowest BCUT2D eigenvalue weighted by molar-refractivity contribution is 0.668. The Labute approximate surface area is 297 Å². The van der Waals surface area contributed by atoms with Crippen molar-refractivity contribution in [2.75, 3.05) is 0 Å². The Morgan fingerprint density at radius 1 is 0.549 bits per heavy atom. The minimum atomic E-state index is 0.438. The maximum absolute atomic E-state index is 6.45. The second kappa shape index (κ2) is 11.1. The van der Waals surface area contributed by atoms with E-state index < -0.39 is 0 Å². The third-order valence-corrected chi connectivity index (χ3v) is 11.3. The van der Waals surface area contributed by atoms with Crippen LogP contribution in [0.25, 0.3) is 89.2 Å². The van der Waals surface area contributed by atoms with E-state index in [2.05, 4.69) is 72.8 Å². The molecule has 0 spiro atoms. The number of furan rings is 2. The van der Waals surface area contributed by atoms with Crippen LogP contribution >= 0.6 is 11.8 Å². The Morgan fingerprint density at radius 3 is 2.12 bits per heavy atom. The zero-order valence-corrected chi connectivity index (χ0v) is 28.0. The van der Waals surface area contributed by atoms with Crippen LogP contribution in [0.1, 0.15) is 17.9 Å². The molecule has 1 unspecified atom stereocenters. The first-order chi connectivity index (χ1) is 25.2. The molecule has 9 aromatic rings. The molecular weight excluding hydrogens is 647 g/mol. The smallest absolute Gasteiger partial charge is 0.165 e. The molecule has 51 heavy (non-hydrogen) atoms. The highest BCUT2D eigenvalue weighted by atomic mass is 32.2. The van der Waals surface area contributed by atoms with E-state index in [1.165, 1.54) is 15.4 Å². The van der Waals surface area contributed by atoms with Gasteiger partial charge in [0.05, 0.1) is 0 Å². The molecule has 1 aliphatic heterocycles. The Morgan fingerprint density at radius 2 is 1.24 bits per heavy atom. The summed E-state index contributed by atoms with van der Waals surface area (Å²) >= 11 is 1.88. The molecule has 6 heteroatoms. The maximum atomic E-state index is 6.45. The number of nitrogens with zero attached hydrogens (tertiary/aromatic N) is 3. The molecule has 3 aromatic heterocycles. The summed E-state index contributed by atoms with van der Waals surface area (Å²) in [5.74, 6) is 2.23. The molecule has 0 bridgehead atoms. The molecule has 0 saturated heterocycles. The molecule has 0 saturated carbocycles. The van der Waals surface area contributed by atoms with Gasteiger partial charge in [0.25, 0.3) is 0 Å². The number of allylic oxidation sites excluding steroid dienone is 4. The number of fused-ring (bicyclic) bond motifs is 9. The molecule has 2 aliphatic rings. The van der Waals surface area contributed by atoms with E-state index in [-0.39, 0.29) is 0 Å². The standard InChI is InChI=1S/C45H27N3O2S/c1-2-10-26(11-3-1)43-46-44(28-19-22-37-34(24-28)30-12-4-7-15-35(30)49-37)48-45(47-43)42-29(21-23-38-41(42)33-14-5-8-16-36(33)50-38)27-18-20-32-31-13-6-9-17-39(31)51-40(32)25-27/h1-12,14-25,31H,13H2. The highest BCUT2D eigenvalue weighted by molar-refractivity contribution is 8.03. The van der Waals surface area contributed by atoms with Crippen molar-refractivity contribution in [2.45, 2.75) is 17.2 Å². The monoisotopic (exact) mass is 673 g/mol. The largest absolute Gasteiger partial charge is 0.456 e. The fourth-order valence-corrected chi connectivity index (χ4v) is 8.97. The van der Waals surface area contributed by atoms with Crippen molar-refractivity contribution in [1.82, 2.24) is 15.0 Å². The molecule has 0 N–H and O–H groups in total. The Balaban J connectivity index is 1.18. The van der Waals surface area contributed by atoms with Crippen molar-refractivity contribution >= 4 is 55.6 Å². The van der Waals surface area contributed by atoms with Gasteiger partial charge < -0.3 is 8.83 Å². The van der Waals surface area contributed by atoms with Crippen LogP contribution in [0.2, 0.25) is 0 Å². The van der Waals surface area contributed by atoms with E-state index >= 15 is 0 Å². The average molecular weight is 674 g/mol. The van der Waals surface area contributed by atoms with Crippen LogP contribution in [0.5, 0.6) is 0 Å². The molecule has 4 heterocycles. The third-order valence-electron chi connectivity index (χ3n) is 10.1. The van der Waals surface area contributed by atoms with Gasteiger partial charge in [-0.05, 0) is 76.5 Å². The zero-order chi connectivity index (χ0) is 33.5. The predicted molar refractivity (Wildman–Crippen MR) is 207 cm³/mol. The number of benzene rings is 6. The molecule has 1 aliphatic carbocycles. The minimum Gasteiger partial charge on any atom is -0.456 e. The Bertz CT molecular complexity index is 2940. The van der Waals surface area contributed by atoms with E-state index in [1.54, 1.807) is 0 Å². The number of hydrogen-bond acceptors (Lipinski definition) is 6. The van der Waals surface area contributed by atoms with E-state index in [0.29, 0.717) is 23.4 Å². The van der Waals surface area contributed by atoms with Gasteiger partial charge in [-0.2, -0.15) is 0 Å². The molecule has 0 radical (unpaired) electrons. The van der Waals surface area contributed by atoms with Gasteiger partial charge in [-0.1, -0.05) is 109 Å². The van der Waals surface area contributed by atoms with E-state index in [0.717, 1.165) is 78.1 Å². The second-order valence-corrected chi connectivity index (χ2v) is 14.2. The van der Waals surface area contributed by atoms with Gasteiger partial charge in [0.2, 0.25) is 0 Å². The van der Waals surface area contributed by atoms with Crippen molar-refractivity contribution in [3.05, 3.63) is 156 Å². The zero-order valence-electron chi connectivity index (χ0n) is 27.2. The second-order valence-electron chi connectivity index (χ2n) is 13.1. The maximum Gasteiger partial charge on any atom is 0.165 e. The summed E-state index contributed by atoms with van der Waals surface area (Å²) in [4.78, 5) is 18.4. The molecule has 6 aromatic carbocycles. The summed E-state index contributed by atoms with van der Waals surface area (Å²) in [6.07, 6.45) is 7.74. The minimum absolute atomic E-state index is 0.438. The summed E-state index contributed by atoms with van der Waals surface area (Å²) in [6.45, 7) is 0. The predicted octanol–water partition coefficient (Wildman–Crippen LogP) is 12.4. The summed E-state index contributed by atoms with van der Waals surface area (Å²) < 4.78 is 12.6. The van der Waals surface area contributed by atoms with Crippen LogP contribution in [-0.2, 0) is 0 Å². The molecule has 1 atom stereocenters. The fourth-order valence-electron chi connectivity index (χ4n) is 7.69. The molecular formula is C45H27N3O2S. The summed E-state index contributed by atoms with van der Waals surface area (Å²) in [7, 11) is 0. The third kappa shape index (κ3) is 4.53. The van der Waals surface area contributed by atoms with Gasteiger partial charge in [-0.25, -0.2) is 15.0 Å². The summed E-state index contributed by atoms with van der Waals surface area (Å²) in [5.41, 5.74) is 9.60. The first-order valence-electron chi connectivity index (χ1n) is 17.1. The number of para-hydroxylation sites is 2. The Kier molecular flexibility index (Phi) is 6.24. The van der Waals surface area contributed by atoms with Gasteiger partial charge >= 0.3 is 0 Å². The number of hydrogen-bond donors (Lipinski definition) is 0. The molecule has 0 amide bonds. The normalized spacial score (nSPS) is 15.1. The quantitative estimate of drug-likeness (QED) is 0.185. The summed E-state index contributed by atoms with van der Waals surface area (Å²) in [5, 5.41) is 4.10. The lowest BCUT2D eigenvalue weighted by Crippen LogP contribution is -2.01. The number of aromatic nitrogens is 3. The summed E-state index contributed by atoms with van der Waals surface area (Å²) in [6, 6.07) is 43.8. The first-order valence-corrected chi connectivity index (χ1v) is 17.9. The van der Waals surface area contributed by atoms with Gasteiger partial charge in [-0.15, -0.1) is 0 Å². The molecule has 240 valence electrons. The fraction of sp³-hybridized carbons (Fsp3) is 0.0444. The topological polar surface area (TPSA) is 65.0 Å². The van der Waals surface area contributed by atoms with Gasteiger partial charge in [-0.3, -0.25) is 0 Å². The lowest BCUT2D eigenvalue weighted by atomic mass is 9.89. The Hall–Kier alpha value is -6.24. The average Bonchev–Trinajstić information content (AvgIpc) is 3.88. The van der Waals surface area contributed by atoms with Crippen molar-refractivity contribution in [2.24, 2.45) is 0 Å². The van der Waals surface area contributed by atoms with Crippen molar-refractivity contribution in [1.29, 1.82) is 0 Å². The van der Waals surface area contributed by atoms with Crippen LogP contribution in [0, 0.1) is 0 Å². The first kappa shape index (κ1) is 28.6. The SMILES string of the molecule is C1=CCC2C(=C1)Sc1cc(-c3ccc4oc5ccccc5c4c3-c3nc(-c4ccccc4)nc(-c4ccc5oc6ccccc6c5c4)n3)ccc12. The van der Waals surface area contributed by atoms with Crippen LogP contribution in [0.15, 0.2) is 164 Å². The van der Waals surface area contributed by atoms with Crippen LogP contribution in [-0.4, -0.2) is 15.0 Å². The number of rotatable bonds is 4. The van der Waals surface area contributed by atoms with Gasteiger partial charge in [0.1, 0.15) is 22.3 Å². The van der Waals surface area contributed by atoms with E-state index in [1.807, 2.05) is 84.6 Å². The molecule has 5 nitrogen and oxygen atoms in total.